The molecule has 26 heavy (non-hydrogen) atoms. The van der Waals surface area contributed by atoms with Gasteiger partial charge in [0.15, 0.2) is 0 Å². The fraction of sp³-hybridized carbons (Fsp3) is 0.182. The van der Waals surface area contributed by atoms with Crippen molar-refractivity contribution in [1.29, 1.82) is 0 Å². The summed E-state index contributed by atoms with van der Waals surface area (Å²) in [5.41, 5.74) is 2.79. The third-order valence-corrected chi connectivity index (χ3v) is 3.85. The molecule has 0 aliphatic carbocycles. The van der Waals surface area contributed by atoms with Gasteiger partial charge in [0, 0.05) is 12.6 Å². The summed E-state index contributed by atoms with van der Waals surface area (Å²) in [7, 11) is 0. The average molecular weight is 347 g/mol. The van der Waals surface area contributed by atoms with E-state index in [2.05, 4.69) is 4.98 Å². The summed E-state index contributed by atoms with van der Waals surface area (Å²) in [6.07, 6.45) is 1.87. The third kappa shape index (κ3) is 4.93. The molecule has 1 aromatic heterocycles. The number of pyridine rings is 1. The van der Waals surface area contributed by atoms with E-state index in [0.717, 1.165) is 11.1 Å². The lowest BCUT2D eigenvalue weighted by atomic mass is 10.1. The molecule has 4 heteroatoms. The minimum absolute atomic E-state index is 0.0344. The molecule has 0 saturated carbocycles. The number of carbonyl (C=O) groups excluding carboxylic acids is 1. The average Bonchev–Trinajstić information content (AvgIpc) is 2.67. The SMILES string of the molecule is CC(=O)Cc1c(OCc2ccccc2)ccnc1OCc1ccccc1. The highest BCUT2D eigenvalue weighted by Gasteiger charge is 2.15. The zero-order valence-corrected chi connectivity index (χ0v) is 14.7. The quantitative estimate of drug-likeness (QED) is 0.607. The van der Waals surface area contributed by atoms with Gasteiger partial charge in [-0.1, -0.05) is 60.7 Å². The first-order valence-corrected chi connectivity index (χ1v) is 8.53. The molecule has 4 nitrogen and oxygen atoms in total. The van der Waals surface area contributed by atoms with Crippen LogP contribution in [0.15, 0.2) is 72.9 Å². The summed E-state index contributed by atoms with van der Waals surface area (Å²) in [6, 6.07) is 21.5. The second-order valence-electron chi connectivity index (χ2n) is 6.02. The lowest BCUT2D eigenvalue weighted by molar-refractivity contribution is -0.116. The number of rotatable bonds is 8. The van der Waals surface area contributed by atoms with Gasteiger partial charge in [-0.3, -0.25) is 4.79 Å². The Morgan fingerprint density at radius 3 is 2.00 bits per heavy atom. The van der Waals surface area contributed by atoms with Gasteiger partial charge >= 0.3 is 0 Å². The van der Waals surface area contributed by atoms with Gasteiger partial charge < -0.3 is 9.47 Å². The van der Waals surface area contributed by atoms with Crippen molar-refractivity contribution in [3.05, 3.63) is 89.6 Å². The third-order valence-electron chi connectivity index (χ3n) is 3.85. The minimum Gasteiger partial charge on any atom is -0.488 e. The molecule has 0 atom stereocenters. The van der Waals surface area contributed by atoms with Crippen molar-refractivity contribution in [3.8, 4) is 11.6 Å². The number of nitrogens with zero attached hydrogens (tertiary/aromatic N) is 1. The maximum Gasteiger partial charge on any atom is 0.221 e. The Kier molecular flexibility index (Phi) is 5.99. The van der Waals surface area contributed by atoms with Crippen molar-refractivity contribution < 1.29 is 14.3 Å². The molecule has 0 aliphatic heterocycles. The van der Waals surface area contributed by atoms with Crippen LogP contribution in [0.5, 0.6) is 11.6 Å². The van der Waals surface area contributed by atoms with Gasteiger partial charge in [-0.15, -0.1) is 0 Å². The molecule has 0 bridgehead atoms. The van der Waals surface area contributed by atoms with E-state index in [1.165, 1.54) is 0 Å². The van der Waals surface area contributed by atoms with Crippen molar-refractivity contribution in [2.75, 3.05) is 0 Å². The van der Waals surface area contributed by atoms with Crippen LogP contribution in [0.25, 0.3) is 0 Å². The number of hydrogen-bond donors (Lipinski definition) is 0. The Balaban J connectivity index is 1.78. The lowest BCUT2D eigenvalue weighted by Crippen LogP contribution is -2.07. The molecule has 0 unspecified atom stereocenters. The van der Waals surface area contributed by atoms with Crippen LogP contribution in [-0.2, 0) is 24.4 Å². The van der Waals surface area contributed by atoms with Gasteiger partial charge in [0.1, 0.15) is 24.7 Å². The molecule has 132 valence electrons. The fourth-order valence-corrected chi connectivity index (χ4v) is 2.59. The number of Topliss-reactive ketones (excluding diaryl/α,β-unsaturated/α-hetero) is 1. The topological polar surface area (TPSA) is 48.4 Å². The van der Waals surface area contributed by atoms with Crippen LogP contribution >= 0.6 is 0 Å². The molecule has 2 aromatic carbocycles. The van der Waals surface area contributed by atoms with Crippen molar-refractivity contribution >= 4 is 5.78 Å². The van der Waals surface area contributed by atoms with Crippen LogP contribution in [-0.4, -0.2) is 10.8 Å². The van der Waals surface area contributed by atoms with Gasteiger partial charge in [-0.25, -0.2) is 4.98 Å². The second-order valence-corrected chi connectivity index (χ2v) is 6.02. The van der Waals surface area contributed by atoms with Crippen molar-refractivity contribution in [1.82, 2.24) is 4.98 Å². The van der Waals surface area contributed by atoms with E-state index >= 15 is 0 Å². The van der Waals surface area contributed by atoms with Crippen LogP contribution in [0, 0.1) is 0 Å². The summed E-state index contributed by atoms with van der Waals surface area (Å²) >= 11 is 0. The Bertz CT molecular complexity index is 786. The largest absolute Gasteiger partial charge is 0.488 e. The summed E-state index contributed by atoms with van der Waals surface area (Å²) in [5, 5.41) is 0. The van der Waals surface area contributed by atoms with Crippen molar-refractivity contribution in [2.45, 2.75) is 26.6 Å². The molecule has 0 saturated heterocycles. The monoisotopic (exact) mass is 347 g/mol. The summed E-state index contributed by atoms with van der Waals surface area (Å²) < 4.78 is 11.8. The molecule has 0 radical (unpaired) electrons. The molecule has 0 fully saturated rings. The molecule has 1 heterocycles. The normalized spacial score (nSPS) is 10.3. The van der Waals surface area contributed by atoms with Crippen LogP contribution in [0.2, 0.25) is 0 Å². The molecule has 3 aromatic rings. The fourth-order valence-electron chi connectivity index (χ4n) is 2.59. The van der Waals surface area contributed by atoms with E-state index in [9.17, 15) is 4.79 Å². The van der Waals surface area contributed by atoms with Crippen LogP contribution in [0.4, 0.5) is 0 Å². The Labute approximate surface area is 153 Å². The van der Waals surface area contributed by atoms with Gasteiger partial charge in [0.2, 0.25) is 5.88 Å². The van der Waals surface area contributed by atoms with E-state index in [4.69, 9.17) is 9.47 Å². The maximum absolute atomic E-state index is 11.7. The van der Waals surface area contributed by atoms with Crippen molar-refractivity contribution in [2.24, 2.45) is 0 Å². The van der Waals surface area contributed by atoms with Gasteiger partial charge in [-0.2, -0.15) is 0 Å². The standard InChI is InChI=1S/C22H21NO3/c1-17(24)14-20-21(25-15-18-8-4-2-5-9-18)12-13-23-22(20)26-16-19-10-6-3-7-11-19/h2-13H,14-16H2,1H3. The first-order valence-electron chi connectivity index (χ1n) is 8.53. The number of carbonyl (C=O) groups is 1. The zero-order chi connectivity index (χ0) is 18.2. The van der Waals surface area contributed by atoms with Crippen LogP contribution in [0.3, 0.4) is 0 Å². The van der Waals surface area contributed by atoms with E-state index < -0.39 is 0 Å². The highest BCUT2D eigenvalue weighted by atomic mass is 16.5. The lowest BCUT2D eigenvalue weighted by Gasteiger charge is -2.15. The predicted molar refractivity (Wildman–Crippen MR) is 100 cm³/mol. The van der Waals surface area contributed by atoms with Crippen LogP contribution < -0.4 is 9.47 Å². The van der Waals surface area contributed by atoms with E-state index in [-0.39, 0.29) is 12.2 Å². The number of aromatic nitrogens is 1. The number of hydrogen-bond acceptors (Lipinski definition) is 4. The van der Waals surface area contributed by atoms with Gasteiger partial charge in [-0.05, 0) is 24.1 Å². The Morgan fingerprint density at radius 1 is 0.846 bits per heavy atom. The van der Waals surface area contributed by atoms with E-state index in [1.807, 2.05) is 60.7 Å². The highest BCUT2D eigenvalue weighted by molar-refractivity contribution is 5.79. The second kappa shape index (κ2) is 8.81. The molecule has 3 rings (SSSR count). The molecular weight excluding hydrogens is 326 g/mol. The Hall–Kier alpha value is -3.14. The molecule has 0 N–H and O–H groups in total. The van der Waals surface area contributed by atoms with E-state index in [0.29, 0.717) is 30.4 Å². The van der Waals surface area contributed by atoms with Crippen LogP contribution in [0.1, 0.15) is 23.6 Å². The first-order chi connectivity index (χ1) is 12.7. The maximum atomic E-state index is 11.7. The number of benzene rings is 2. The molecule has 0 spiro atoms. The molecule has 0 aliphatic rings. The first kappa shape index (κ1) is 17.7. The van der Waals surface area contributed by atoms with Gasteiger partial charge in [0.05, 0.1) is 5.56 Å². The van der Waals surface area contributed by atoms with Crippen molar-refractivity contribution in [3.63, 3.8) is 0 Å². The zero-order valence-electron chi connectivity index (χ0n) is 14.7. The summed E-state index contributed by atoms with van der Waals surface area (Å²) in [5.74, 6) is 1.10. The molecule has 0 amide bonds. The van der Waals surface area contributed by atoms with Gasteiger partial charge in [0.25, 0.3) is 0 Å². The minimum atomic E-state index is 0.0344. The predicted octanol–water partition coefficient (Wildman–Crippen LogP) is 4.37. The summed E-state index contributed by atoms with van der Waals surface area (Å²) in [6.45, 7) is 2.36. The van der Waals surface area contributed by atoms with E-state index in [1.54, 1.807) is 19.2 Å². The Morgan fingerprint density at radius 2 is 1.42 bits per heavy atom. The smallest absolute Gasteiger partial charge is 0.221 e. The highest BCUT2D eigenvalue weighted by Crippen LogP contribution is 2.28. The number of ether oxygens (including phenoxy) is 2. The number of ketones is 1. The molecular formula is C22H21NO3. The summed E-state index contributed by atoms with van der Waals surface area (Å²) in [4.78, 5) is 16.0.